The lowest BCUT2D eigenvalue weighted by Gasteiger charge is -2.19. The van der Waals surface area contributed by atoms with E-state index >= 15 is 0 Å². The molecule has 1 aliphatic rings. The van der Waals surface area contributed by atoms with Gasteiger partial charge >= 0.3 is 0 Å². The summed E-state index contributed by atoms with van der Waals surface area (Å²) in [7, 11) is -3.67. The lowest BCUT2D eigenvalue weighted by molar-refractivity contribution is 0.180. The van der Waals surface area contributed by atoms with Gasteiger partial charge in [0.25, 0.3) is 0 Å². The summed E-state index contributed by atoms with van der Waals surface area (Å²) in [6.45, 7) is 3.09. The summed E-state index contributed by atoms with van der Waals surface area (Å²) < 4.78 is 32.5. The first-order valence-electron chi connectivity index (χ1n) is 6.05. The zero-order chi connectivity index (χ0) is 14.0. The van der Waals surface area contributed by atoms with Gasteiger partial charge in [0.2, 0.25) is 10.0 Å². The summed E-state index contributed by atoms with van der Waals surface area (Å²) in [5.41, 5.74) is 5.89. The van der Waals surface area contributed by atoms with E-state index in [0.717, 1.165) is 6.42 Å². The van der Waals surface area contributed by atoms with Gasteiger partial charge in [-0.2, -0.15) is 0 Å². The summed E-state index contributed by atoms with van der Waals surface area (Å²) in [6, 6.07) is 4.20. The van der Waals surface area contributed by atoms with Crippen molar-refractivity contribution >= 4 is 27.3 Å². The summed E-state index contributed by atoms with van der Waals surface area (Å²) in [4.78, 5) is 0.0192. The van der Waals surface area contributed by atoms with Crippen LogP contribution in [0.15, 0.2) is 23.1 Å². The standard InChI is InChI=1S/C12H17ClN2O3S/c1-8(9-4-5-18-7-9)15-19(16,17)12-6-10(13)2-3-11(12)14/h2-3,6,8-9,15H,4-5,7,14H2,1H3. The monoisotopic (exact) mass is 304 g/mol. The Morgan fingerprint density at radius 2 is 2.26 bits per heavy atom. The number of anilines is 1. The molecule has 2 atom stereocenters. The van der Waals surface area contributed by atoms with Crippen molar-refractivity contribution in [2.75, 3.05) is 18.9 Å². The zero-order valence-electron chi connectivity index (χ0n) is 10.6. The van der Waals surface area contributed by atoms with E-state index in [1.165, 1.54) is 12.1 Å². The van der Waals surface area contributed by atoms with Crippen LogP contribution in [0.1, 0.15) is 13.3 Å². The molecule has 0 spiro atoms. The fourth-order valence-corrected chi connectivity index (χ4v) is 3.80. The van der Waals surface area contributed by atoms with E-state index in [2.05, 4.69) is 4.72 Å². The normalized spacial score (nSPS) is 21.5. The molecular weight excluding hydrogens is 288 g/mol. The molecule has 1 heterocycles. The van der Waals surface area contributed by atoms with Crippen molar-refractivity contribution < 1.29 is 13.2 Å². The third-order valence-corrected chi connectivity index (χ3v) is 5.13. The van der Waals surface area contributed by atoms with Crippen LogP contribution in [0.2, 0.25) is 5.02 Å². The van der Waals surface area contributed by atoms with Crippen molar-refractivity contribution in [3.8, 4) is 0 Å². The maximum atomic E-state index is 12.3. The van der Waals surface area contributed by atoms with Gasteiger partial charge in [0, 0.05) is 23.6 Å². The maximum Gasteiger partial charge on any atom is 0.242 e. The average molecular weight is 305 g/mol. The Balaban J connectivity index is 2.19. The van der Waals surface area contributed by atoms with Crippen molar-refractivity contribution in [1.29, 1.82) is 0 Å². The molecule has 0 bridgehead atoms. The van der Waals surface area contributed by atoms with Gasteiger partial charge in [-0.15, -0.1) is 0 Å². The van der Waals surface area contributed by atoms with Crippen LogP contribution in [0.5, 0.6) is 0 Å². The Labute approximate surface area is 118 Å². The molecule has 0 amide bonds. The van der Waals surface area contributed by atoms with Crippen molar-refractivity contribution in [3.63, 3.8) is 0 Å². The molecule has 106 valence electrons. The highest BCUT2D eigenvalue weighted by Gasteiger charge is 2.27. The van der Waals surface area contributed by atoms with Gasteiger partial charge < -0.3 is 10.5 Å². The molecule has 1 aliphatic heterocycles. The van der Waals surface area contributed by atoms with Crippen molar-refractivity contribution in [1.82, 2.24) is 4.72 Å². The molecule has 2 unspecified atom stereocenters. The lowest BCUT2D eigenvalue weighted by atomic mass is 10.0. The molecule has 3 N–H and O–H groups in total. The molecule has 1 saturated heterocycles. The molecule has 1 fully saturated rings. The number of sulfonamides is 1. The number of benzene rings is 1. The van der Waals surface area contributed by atoms with E-state index in [1.54, 1.807) is 6.07 Å². The fraction of sp³-hybridized carbons (Fsp3) is 0.500. The average Bonchev–Trinajstić information content (AvgIpc) is 2.85. The molecule has 0 saturated carbocycles. The summed E-state index contributed by atoms with van der Waals surface area (Å²) in [5.74, 6) is 0.190. The van der Waals surface area contributed by atoms with E-state index in [9.17, 15) is 8.42 Å². The number of nitrogens with two attached hydrogens (primary N) is 1. The SMILES string of the molecule is CC(NS(=O)(=O)c1cc(Cl)ccc1N)C1CCOC1. The Morgan fingerprint density at radius 3 is 2.89 bits per heavy atom. The minimum absolute atomic E-state index is 0.0192. The Morgan fingerprint density at radius 1 is 1.53 bits per heavy atom. The molecule has 0 radical (unpaired) electrons. The first-order valence-corrected chi connectivity index (χ1v) is 7.91. The van der Waals surface area contributed by atoms with Gasteiger partial charge in [-0.3, -0.25) is 0 Å². The number of hydrogen-bond acceptors (Lipinski definition) is 4. The van der Waals surface area contributed by atoms with Gasteiger partial charge in [-0.05, 0) is 31.5 Å². The predicted molar refractivity (Wildman–Crippen MR) is 74.6 cm³/mol. The van der Waals surface area contributed by atoms with Gasteiger partial charge in [-0.25, -0.2) is 13.1 Å². The van der Waals surface area contributed by atoms with Crippen LogP contribution in [0.25, 0.3) is 0 Å². The Hall–Kier alpha value is -0.820. The van der Waals surface area contributed by atoms with Crippen LogP contribution >= 0.6 is 11.6 Å². The largest absolute Gasteiger partial charge is 0.398 e. The number of rotatable bonds is 4. The Kier molecular flexibility index (Phi) is 4.35. The van der Waals surface area contributed by atoms with E-state index in [0.29, 0.717) is 18.2 Å². The van der Waals surface area contributed by atoms with Crippen molar-refractivity contribution in [2.45, 2.75) is 24.3 Å². The highest BCUT2D eigenvalue weighted by Crippen LogP contribution is 2.24. The van der Waals surface area contributed by atoms with E-state index in [-0.39, 0.29) is 22.5 Å². The van der Waals surface area contributed by atoms with E-state index in [4.69, 9.17) is 22.1 Å². The van der Waals surface area contributed by atoms with Gasteiger partial charge in [-0.1, -0.05) is 11.6 Å². The van der Waals surface area contributed by atoms with Crippen LogP contribution in [0, 0.1) is 5.92 Å². The highest BCUT2D eigenvalue weighted by atomic mass is 35.5. The second-order valence-electron chi connectivity index (χ2n) is 4.72. The first kappa shape index (κ1) is 14.6. The van der Waals surface area contributed by atoms with Crippen LogP contribution in [0.4, 0.5) is 5.69 Å². The minimum Gasteiger partial charge on any atom is -0.398 e. The summed E-state index contributed by atoms with van der Waals surface area (Å²) in [5, 5.41) is 0.339. The second kappa shape index (κ2) is 5.66. The quantitative estimate of drug-likeness (QED) is 0.828. The van der Waals surface area contributed by atoms with Crippen LogP contribution in [0.3, 0.4) is 0 Å². The Bertz CT molecular complexity index is 556. The molecule has 1 aromatic rings. The van der Waals surface area contributed by atoms with Crippen molar-refractivity contribution in [2.24, 2.45) is 5.92 Å². The maximum absolute atomic E-state index is 12.3. The lowest BCUT2D eigenvalue weighted by Crippen LogP contribution is -2.38. The molecule has 7 heteroatoms. The third kappa shape index (κ3) is 3.39. The topological polar surface area (TPSA) is 81.4 Å². The summed E-state index contributed by atoms with van der Waals surface area (Å²) >= 11 is 5.82. The molecule has 5 nitrogen and oxygen atoms in total. The number of ether oxygens (including phenoxy) is 1. The van der Waals surface area contributed by atoms with E-state index < -0.39 is 10.0 Å². The van der Waals surface area contributed by atoms with Crippen LogP contribution in [-0.4, -0.2) is 27.7 Å². The second-order valence-corrected chi connectivity index (χ2v) is 6.83. The number of nitrogen functional groups attached to an aromatic ring is 1. The van der Waals surface area contributed by atoms with Crippen LogP contribution in [-0.2, 0) is 14.8 Å². The molecule has 0 aromatic heterocycles. The molecule has 1 aromatic carbocycles. The molecule has 0 aliphatic carbocycles. The third-order valence-electron chi connectivity index (χ3n) is 3.28. The van der Waals surface area contributed by atoms with Crippen molar-refractivity contribution in [3.05, 3.63) is 23.2 Å². The number of nitrogens with one attached hydrogen (secondary N) is 1. The first-order chi connectivity index (χ1) is 8.90. The van der Waals surface area contributed by atoms with E-state index in [1.807, 2.05) is 6.92 Å². The van der Waals surface area contributed by atoms with Gasteiger partial charge in [0.15, 0.2) is 0 Å². The highest BCUT2D eigenvalue weighted by molar-refractivity contribution is 7.89. The van der Waals surface area contributed by atoms with Gasteiger partial charge in [0.1, 0.15) is 4.90 Å². The molecule has 19 heavy (non-hydrogen) atoms. The minimum atomic E-state index is -3.67. The van der Waals surface area contributed by atoms with Crippen LogP contribution < -0.4 is 10.5 Å². The predicted octanol–water partition coefficient (Wildman–Crippen LogP) is 1.63. The zero-order valence-corrected chi connectivity index (χ0v) is 12.2. The number of hydrogen-bond donors (Lipinski definition) is 2. The number of halogens is 1. The summed E-state index contributed by atoms with van der Waals surface area (Å²) in [6.07, 6.45) is 0.856. The molecule has 2 rings (SSSR count). The fourth-order valence-electron chi connectivity index (χ4n) is 2.09. The van der Waals surface area contributed by atoms with Gasteiger partial charge in [0.05, 0.1) is 12.3 Å². The molecular formula is C12H17ClN2O3S. The smallest absolute Gasteiger partial charge is 0.242 e.